The minimum Gasteiger partial charge on any atom is -0.418 e. The number of amides is 1. The Morgan fingerprint density at radius 3 is 2.38 bits per heavy atom. The number of carbonyl (C=O) groups is 1. The number of benzene rings is 1. The van der Waals surface area contributed by atoms with Gasteiger partial charge >= 0.3 is 0 Å². The first-order chi connectivity index (χ1) is 10.2. The number of fused-ring (bicyclic) bond motifs is 2. The van der Waals surface area contributed by atoms with Crippen LogP contribution in [0.4, 0.5) is 11.7 Å². The molecular weight excluding hydrogens is 266 g/mol. The third kappa shape index (κ3) is 2.00. The van der Waals surface area contributed by atoms with Gasteiger partial charge in [0.05, 0.1) is 6.20 Å². The van der Waals surface area contributed by atoms with E-state index in [0.29, 0.717) is 6.01 Å². The lowest BCUT2D eigenvalue weighted by Gasteiger charge is -2.14. The summed E-state index contributed by atoms with van der Waals surface area (Å²) in [4.78, 5) is 15.2. The van der Waals surface area contributed by atoms with E-state index in [9.17, 15) is 4.79 Å². The van der Waals surface area contributed by atoms with Gasteiger partial charge in [-0.1, -0.05) is 6.07 Å². The number of nitrogens with one attached hydrogen (secondary N) is 1. The van der Waals surface area contributed by atoms with Gasteiger partial charge in [-0.05, 0) is 60.8 Å². The second-order valence-corrected chi connectivity index (χ2v) is 5.75. The Balaban J connectivity index is 1.76. The molecule has 1 aromatic heterocycles. The van der Waals surface area contributed by atoms with Crippen molar-refractivity contribution in [1.82, 2.24) is 4.98 Å². The maximum absolute atomic E-state index is 11.1. The number of anilines is 2. The average Bonchev–Trinajstić information content (AvgIpc) is 3.17. The molecule has 1 amide bonds. The van der Waals surface area contributed by atoms with Crippen LogP contribution >= 0.6 is 0 Å². The van der Waals surface area contributed by atoms with Crippen LogP contribution in [0.3, 0.4) is 0 Å². The van der Waals surface area contributed by atoms with Gasteiger partial charge in [0, 0.05) is 5.69 Å². The fourth-order valence-corrected chi connectivity index (χ4v) is 3.52. The molecule has 3 N–H and O–H groups in total. The molecule has 5 nitrogen and oxygen atoms in total. The number of rotatable bonds is 3. The monoisotopic (exact) mass is 283 g/mol. The third-order valence-corrected chi connectivity index (χ3v) is 4.45. The Hall–Kier alpha value is -2.30. The zero-order valence-electron chi connectivity index (χ0n) is 11.7. The number of primary amides is 1. The minimum atomic E-state index is -0.598. The fraction of sp³-hybridized carbons (Fsp3) is 0.375. The van der Waals surface area contributed by atoms with Crippen LogP contribution in [-0.4, -0.2) is 10.9 Å². The minimum absolute atomic E-state index is 0.0849. The predicted molar refractivity (Wildman–Crippen MR) is 78.8 cm³/mol. The van der Waals surface area contributed by atoms with Crippen molar-refractivity contribution in [3.8, 4) is 0 Å². The van der Waals surface area contributed by atoms with Gasteiger partial charge in [0.2, 0.25) is 5.76 Å². The Labute approximate surface area is 122 Å². The number of nitrogens with two attached hydrogens (primary N) is 1. The number of oxazole rings is 1. The summed E-state index contributed by atoms with van der Waals surface area (Å²) in [5, 5.41) is 3.29. The molecule has 2 aliphatic rings. The molecule has 108 valence electrons. The number of aryl methyl sites for hydroxylation is 2. The van der Waals surface area contributed by atoms with E-state index in [1.165, 1.54) is 41.3 Å². The highest BCUT2D eigenvalue weighted by atomic mass is 16.4. The molecule has 0 aliphatic heterocycles. The Morgan fingerprint density at radius 1 is 1.14 bits per heavy atom. The zero-order chi connectivity index (χ0) is 14.4. The van der Waals surface area contributed by atoms with Crippen molar-refractivity contribution in [2.75, 3.05) is 5.32 Å². The summed E-state index contributed by atoms with van der Waals surface area (Å²) in [5.41, 5.74) is 12.0. The summed E-state index contributed by atoms with van der Waals surface area (Å²) in [6.07, 6.45) is 8.25. The van der Waals surface area contributed by atoms with E-state index in [-0.39, 0.29) is 5.76 Å². The molecule has 0 unspecified atom stereocenters. The Kier molecular flexibility index (Phi) is 2.74. The highest BCUT2D eigenvalue weighted by molar-refractivity contribution is 5.89. The SMILES string of the molecule is NC(=O)c1cnc(Nc2c3c(cc4c2CCC4)CCC3)o1. The zero-order valence-corrected chi connectivity index (χ0v) is 11.7. The molecule has 0 fully saturated rings. The van der Waals surface area contributed by atoms with Gasteiger partial charge in [0.15, 0.2) is 0 Å². The maximum atomic E-state index is 11.1. The lowest BCUT2D eigenvalue weighted by molar-refractivity contribution is 0.0975. The second kappa shape index (κ2) is 4.62. The molecule has 21 heavy (non-hydrogen) atoms. The summed E-state index contributed by atoms with van der Waals surface area (Å²) < 4.78 is 5.37. The van der Waals surface area contributed by atoms with Gasteiger partial charge in [-0.25, -0.2) is 4.98 Å². The third-order valence-electron chi connectivity index (χ3n) is 4.45. The van der Waals surface area contributed by atoms with Crippen LogP contribution in [0.1, 0.15) is 45.7 Å². The molecule has 0 radical (unpaired) electrons. The van der Waals surface area contributed by atoms with E-state index in [1.54, 1.807) is 0 Å². The molecule has 0 atom stereocenters. The van der Waals surface area contributed by atoms with Crippen molar-refractivity contribution < 1.29 is 9.21 Å². The molecule has 1 aromatic carbocycles. The topological polar surface area (TPSA) is 81.2 Å². The quantitative estimate of drug-likeness (QED) is 0.906. The van der Waals surface area contributed by atoms with Crippen molar-refractivity contribution in [1.29, 1.82) is 0 Å². The molecule has 0 saturated heterocycles. The normalized spacial score (nSPS) is 15.8. The van der Waals surface area contributed by atoms with Crippen molar-refractivity contribution in [3.63, 3.8) is 0 Å². The summed E-state index contributed by atoms with van der Waals surface area (Å²) in [7, 11) is 0. The first-order valence-electron chi connectivity index (χ1n) is 7.41. The van der Waals surface area contributed by atoms with Gasteiger partial charge in [0.25, 0.3) is 11.9 Å². The average molecular weight is 283 g/mol. The molecule has 4 rings (SSSR count). The van der Waals surface area contributed by atoms with Crippen LogP contribution < -0.4 is 11.1 Å². The Morgan fingerprint density at radius 2 is 1.81 bits per heavy atom. The van der Waals surface area contributed by atoms with Crippen molar-refractivity contribution in [2.24, 2.45) is 5.73 Å². The smallest absolute Gasteiger partial charge is 0.299 e. The first-order valence-corrected chi connectivity index (χ1v) is 7.41. The van der Waals surface area contributed by atoms with Gasteiger partial charge in [0.1, 0.15) is 0 Å². The lowest BCUT2D eigenvalue weighted by atomic mass is 9.99. The van der Waals surface area contributed by atoms with Crippen LogP contribution in [-0.2, 0) is 25.7 Å². The van der Waals surface area contributed by atoms with E-state index < -0.39 is 5.91 Å². The van der Waals surface area contributed by atoms with E-state index in [1.807, 2.05) is 0 Å². The molecule has 1 heterocycles. The van der Waals surface area contributed by atoms with Crippen LogP contribution in [0.5, 0.6) is 0 Å². The largest absolute Gasteiger partial charge is 0.418 e. The van der Waals surface area contributed by atoms with Crippen LogP contribution in [0.25, 0.3) is 0 Å². The molecule has 0 saturated carbocycles. The highest BCUT2D eigenvalue weighted by Crippen LogP contribution is 2.39. The predicted octanol–water partition coefficient (Wildman–Crippen LogP) is 2.49. The van der Waals surface area contributed by atoms with Gasteiger partial charge in [-0.2, -0.15) is 0 Å². The van der Waals surface area contributed by atoms with Crippen molar-refractivity contribution in [3.05, 3.63) is 40.3 Å². The van der Waals surface area contributed by atoms with Gasteiger partial charge < -0.3 is 15.5 Å². The molecule has 2 aromatic rings. The molecule has 0 bridgehead atoms. The van der Waals surface area contributed by atoms with Crippen molar-refractivity contribution in [2.45, 2.75) is 38.5 Å². The van der Waals surface area contributed by atoms with Gasteiger partial charge in [-0.15, -0.1) is 0 Å². The number of nitrogens with zero attached hydrogens (tertiary/aromatic N) is 1. The summed E-state index contributed by atoms with van der Waals surface area (Å²) in [6.45, 7) is 0. The number of aromatic nitrogens is 1. The summed E-state index contributed by atoms with van der Waals surface area (Å²) >= 11 is 0. The fourth-order valence-electron chi connectivity index (χ4n) is 3.52. The van der Waals surface area contributed by atoms with Crippen LogP contribution in [0, 0.1) is 0 Å². The van der Waals surface area contributed by atoms with Gasteiger partial charge in [-0.3, -0.25) is 4.79 Å². The van der Waals surface area contributed by atoms with E-state index in [2.05, 4.69) is 16.4 Å². The Bertz CT molecular complexity index is 701. The lowest BCUT2D eigenvalue weighted by Crippen LogP contribution is -2.09. The highest BCUT2D eigenvalue weighted by Gasteiger charge is 2.24. The van der Waals surface area contributed by atoms with E-state index >= 15 is 0 Å². The second-order valence-electron chi connectivity index (χ2n) is 5.75. The van der Waals surface area contributed by atoms with Crippen LogP contribution in [0.15, 0.2) is 16.7 Å². The maximum Gasteiger partial charge on any atom is 0.299 e. The summed E-state index contributed by atoms with van der Waals surface area (Å²) in [5.74, 6) is -0.513. The molecule has 2 aliphatic carbocycles. The standard InChI is InChI=1S/C16H17N3O2/c17-15(20)13-8-18-16(21-13)19-14-11-5-1-3-9(11)7-10-4-2-6-12(10)14/h7-8H,1-6H2,(H2,17,20)(H,18,19). The molecule has 5 heteroatoms. The first kappa shape index (κ1) is 12.4. The number of hydrogen-bond donors (Lipinski definition) is 2. The number of hydrogen-bond acceptors (Lipinski definition) is 4. The molecule has 0 spiro atoms. The van der Waals surface area contributed by atoms with E-state index in [0.717, 1.165) is 31.4 Å². The van der Waals surface area contributed by atoms with Crippen molar-refractivity contribution >= 4 is 17.6 Å². The van der Waals surface area contributed by atoms with E-state index in [4.69, 9.17) is 10.2 Å². The molecular formula is C16H17N3O2. The number of carbonyl (C=O) groups excluding carboxylic acids is 1. The van der Waals surface area contributed by atoms with Crippen LogP contribution in [0.2, 0.25) is 0 Å². The summed E-state index contributed by atoms with van der Waals surface area (Å²) in [6, 6.07) is 2.72.